The number of hydrogen-bond donors (Lipinski definition) is 0. The minimum Gasteiger partial charge on any atom is -0.258 e. The van der Waals surface area contributed by atoms with Gasteiger partial charge in [0.1, 0.15) is 0 Å². The van der Waals surface area contributed by atoms with Gasteiger partial charge in [0.05, 0.1) is 10.6 Å². The molecule has 0 amide bonds. The number of nitrogens with zero attached hydrogens (tertiary/aromatic N) is 2. The molecule has 0 saturated carbocycles. The topological polar surface area (TPSA) is 56.0 Å². The van der Waals surface area contributed by atoms with Crippen LogP contribution in [0.25, 0.3) is 5.57 Å². The molecule has 0 atom stereocenters. The van der Waals surface area contributed by atoms with Crippen LogP contribution < -0.4 is 0 Å². The van der Waals surface area contributed by atoms with Gasteiger partial charge in [0.2, 0.25) is 0 Å². The number of nitro benzene ring substituents is 1. The van der Waals surface area contributed by atoms with E-state index in [1.165, 1.54) is 12.1 Å². The number of hydrogen-bond acceptors (Lipinski definition) is 3. The van der Waals surface area contributed by atoms with Gasteiger partial charge in [-0.05, 0) is 17.7 Å². The van der Waals surface area contributed by atoms with Crippen molar-refractivity contribution in [3.63, 3.8) is 0 Å². The summed E-state index contributed by atoms with van der Waals surface area (Å²) < 4.78 is 0. The fraction of sp³-hybridized carbons (Fsp3) is 0. The van der Waals surface area contributed by atoms with E-state index in [1.807, 2.05) is 18.2 Å². The summed E-state index contributed by atoms with van der Waals surface area (Å²) in [4.78, 5) is 14.4. The summed E-state index contributed by atoms with van der Waals surface area (Å²) in [6.07, 6.45) is 1.66. The summed E-state index contributed by atoms with van der Waals surface area (Å²) in [5.41, 5.74) is 2.15. The molecule has 0 unspecified atom stereocenters. The molecule has 4 heteroatoms. The minimum absolute atomic E-state index is 0.0552. The molecule has 17 heavy (non-hydrogen) atoms. The first kappa shape index (κ1) is 11.0. The highest BCUT2D eigenvalue weighted by atomic mass is 16.6. The van der Waals surface area contributed by atoms with Crippen molar-refractivity contribution in [1.29, 1.82) is 0 Å². The van der Waals surface area contributed by atoms with Gasteiger partial charge in [0, 0.05) is 23.9 Å². The molecule has 0 aliphatic heterocycles. The summed E-state index contributed by atoms with van der Waals surface area (Å²) >= 11 is 0. The fourth-order valence-corrected chi connectivity index (χ4v) is 1.50. The molecule has 0 radical (unpaired) electrons. The molecular weight excluding hydrogens is 216 g/mol. The van der Waals surface area contributed by atoms with E-state index in [9.17, 15) is 10.1 Å². The molecule has 0 spiro atoms. The fourth-order valence-electron chi connectivity index (χ4n) is 1.50. The minimum atomic E-state index is -0.421. The van der Waals surface area contributed by atoms with Crippen LogP contribution in [-0.4, -0.2) is 9.91 Å². The van der Waals surface area contributed by atoms with Crippen LogP contribution in [0, 0.1) is 10.1 Å². The monoisotopic (exact) mass is 226 g/mol. The van der Waals surface area contributed by atoms with E-state index in [0.29, 0.717) is 16.8 Å². The Kier molecular flexibility index (Phi) is 2.96. The lowest BCUT2D eigenvalue weighted by atomic mass is 10.0. The zero-order valence-electron chi connectivity index (χ0n) is 9.04. The van der Waals surface area contributed by atoms with Crippen LogP contribution in [0.1, 0.15) is 11.3 Å². The molecule has 0 N–H and O–H groups in total. The van der Waals surface area contributed by atoms with Gasteiger partial charge < -0.3 is 0 Å². The van der Waals surface area contributed by atoms with Crippen LogP contribution in [0.3, 0.4) is 0 Å². The molecule has 0 saturated heterocycles. The Bertz CT molecular complexity index is 565. The van der Waals surface area contributed by atoms with Crippen molar-refractivity contribution >= 4 is 11.3 Å². The van der Waals surface area contributed by atoms with Crippen molar-refractivity contribution in [3.05, 3.63) is 76.6 Å². The second-order valence-electron chi connectivity index (χ2n) is 3.50. The van der Waals surface area contributed by atoms with Crippen molar-refractivity contribution < 1.29 is 4.92 Å². The highest BCUT2D eigenvalue weighted by Crippen LogP contribution is 2.23. The van der Waals surface area contributed by atoms with Gasteiger partial charge in [-0.3, -0.25) is 15.1 Å². The van der Waals surface area contributed by atoms with E-state index in [0.717, 1.165) is 0 Å². The predicted octanol–water partition coefficient (Wildman–Crippen LogP) is 3.05. The number of non-ortho nitro benzene ring substituents is 1. The van der Waals surface area contributed by atoms with Gasteiger partial charge in [-0.25, -0.2) is 0 Å². The third-order valence-electron chi connectivity index (χ3n) is 2.38. The lowest BCUT2D eigenvalue weighted by Crippen LogP contribution is -1.92. The largest absolute Gasteiger partial charge is 0.270 e. The van der Waals surface area contributed by atoms with Crippen LogP contribution in [0.15, 0.2) is 55.2 Å². The molecule has 0 bridgehead atoms. The lowest BCUT2D eigenvalue weighted by Gasteiger charge is -2.04. The van der Waals surface area contributed by atoms with Crippen LogP contribution in [0.2, 0.25) is 0 Å². The smallest absolute Gasteiger partial charge is 0.258 e. The highest BCUT2D eigenvalue weighted by Gasteiger charge is 2.09. The van der Waals surface area contributed by atoms with Gasteiger partial charge >= 0.3 is 0 Å². The number of rotatable bonds is 3. The Morgan fingerprint density at radius 3 is 2.71 bits per heavy atom. The first-order valence-corrected chi connectivity index (χ1v) is 5.03. The molecular formula is C13H10N2O2. The van der Waals surface area contributed by atoms with E-state index in [1.54, 1.807) is 18.3 Å². The lowest BCUT2D eigenvalue weighted by molar-refractivity contribution is -0.384. The Hall–Kier alpha value is -2.49. The Morgan fingerprint density at radius 1 is 1.24 bits per heavy atom. The Balaban J connectivity index is 2.38. The van der Waals surface area contributed by atoms with E-state index >= 15 is 0 Å². The summed E-state index contributed by atoms with van der Waals surface area (Å²) in [5, 5.41) is 10.7. The summed E-state index contributed by atoms with van der Waals surface area (Å²) in [6, 6.07) is 11.9. The molecule has 1 heterocycles. The molecule has 2 aromatic rings. The van der Waals surface area contributed by atoms with Gasteiger partial charge in [0.15, 0.2) is 0 Å². The van der Waals surface area contributed by atoms with Gasteiger partial charge in [-0.1, -0.05) is 24.8 Å². The Labute approximate surface area is 98.4 Å². The van der Waals surface area contributed by atoms with E-state index in [2.05, 4.69) is 11.6 Å². The quantitative estimate of drug-likeness (QED) is 0.597. The molecule has 0 aliphatic carbocycles. The summed E-state index contributed by atoms with van der Waals surface area (Å²) in [7, 11) is 0. The van der Waals surface area contributed by atoms with Crippen molar-refractivity contribution in [2.75, 3.05) is 0 Å². The van der Waals surface area contributed by atoms with Crippen molar-refractivity contribution in [1.82, 2.24) is 4.98 Å². The zero-order chi connectivity index (χ0) is 12.3. The molecule has 0 aliphatic rings. The Morgan fingerprint density at radius 2 is 2.06 bits per heavy atom. The molecule has 0 fully saturated rings. The second-order valence-corrected chi connectivity index (χ2v) is 3.50. The van der Waals surface area contributed by atoms with Gasteiger partial charge in [-0.15, -0.1) is 0 Å². The normalized spacial score (nSPS) is 9.88. The predicted molar refractivity (Wildman–Crippen MR) is 65.5 cm³/mol. The van der Waals surface area contributed by atoms with Crippen molar-refractivity contribution in [2.24, 2.45) is 0 Å². The summed E-state index contributed by atoms with van der Waals surface area (Å²) in [5.74, 6) is 0. The third-order valence-corrected chi connectivity index (χ3v) is 2.38. The van der Waals surface area contributed by atoms with E-state index in [4.69, 9.17) is 0 Å². The highest BCUT2D eigenvalue weighted by molar-refractivity contribution is 5.76. The van der Waals surface area contributed by atoms with E-state index < -0.39 is 4.92 Å². The second kappa shape index (κ2) is 4.57. The third kappa shape index (κ3) is 2.36. The maximum absolute atomic E-state index is 10.7. The molecule has 1 aromatic carbocycles. The standard InChI is InChI=1S/C13H10N2O2/c1-10(13-7-2-3-8-14-13)11-5-4-6-12(9-11)15(16)17/h2-9H,1H2. The van der Waals surface area contributed by atoms with Crippen molar-refractivity contribution in [3.8, 4) is 0 Å². The van der Waals surface area contributed by atoms with Crippen molar-refractivity contribution in [2.45, 2.75) is 0 Å². The molecule has 2 rings (SSSR count). The zero-order valence-corrected chi connectivity index (χ0v) is 9.04. The van der Waals surface area contributed by atoms with E-state index in [-0.39, 0.29) is 5.69 Å². The average Bonchev–Trinajstić information content (AvgIpc) is 2.39. The van der Waals surface area contributed by atoms with Gasteiger partial charge in [0.25, 0.3) is 5.69 Å². The molecule has 1 aromatic heterocycles. The van der Waals surface area contributed by atoms with Crippen LogP contribution in [-0.2, 0) is 0 Å². The number of pyridine rings is 1. The molecule has 4 nitrogen and oxygen atoms in total. The maximum Gasteiger partial charge on any atom is 0.270 e. The SMILES string of the molecule is C=C(c1cccc([N+](=O)[O-])c1)c1ccccn1. The number of nitro groups is 1. The first-order chi connectivity index (χ1) is 8.18. The number of aromatic nitrogens is 1. The van der Waals surface area contributed by atoms with Crippen LogP contribution >= 0.6 is 0 Å². The molecule has 84 valence electrons. The van der Waals surface area contributed by atoms with Gasteiger partial charge in [-0.2, -0.15) is 0 Å². The van der Waals surface area contributed by atoms with Crippen LogP contribution in [0.5, 0.6) is 0 Å². The summed E-state index contributed by atoms with van der Waals surface area (Å²) in [6.45, 7) is 3.91. The van der Waals surface area contributed by atoms with Crippen LogP contribution in [0.4, 0.5) is 5.69 Å². The number of benzene rings is 1. The average molecular weight is 226 g/mol. The first-order valence-electron chi connectivity index (χ1n) is 5.03. The maximum atomic E-state index is 10.7.